The van der Waals surface area contributed by atoms with Gasteiger partial charge >= 0.3 is 5.97 Å². The van der Waals surface area contributed by atoms with E-state index < -0.39 is 11.9 Å². The minimum atomic E-state index is -0.837. The minimum Gasteiger partial charge on any atom is -0.481 e. The maximum atomic E-state index is 12.1. The first-order valence-electron chi connectivity index (χ1n) is 6.83. The largest absolute Gasteiger partial charge is 0.481 e. The van der Waals surface area contributed by atoms with Crippen molar-refractivity contribution < 1.29 is 14.7 Å². The van der Waals surface area contributed by atoms with Gasteiger partial charge in [-0.05, 0) is 30.5 Å². The molecule has 0 unspecified atom stereocenters. The van der Waals surface area contributed by atoms with E-state index in [1.807, 2.05) is 12.1 Å². The molecule has 0 bridgehead atoms. The SMILES string of the molecule is O=C(O)[C@@H]1CN(C(=O)C2CC2)C[C@H]1c1ccc(Cl)cc1. The third-order valence-corrected chi connectivity index (χ3v) is 4.43. The number of hydrogen-bond acceptors (Lipinski definition) is 2. The van der Waals surface area contributed by atoms with Crippen molar-refractivity contribution in [2.24, 2.45) is 11.8 Å². The van der Waals surface area contributed by atoms with E-state index in [1.165, 1.54) is 0 Å². The number of halogens is 1. The molecule has 106 valence electrons. The predicted molar refractivity (Wildman–Crippen MR) is 74.6 cm³/mol. The maximum absolute atomic E-state index is 12.1. The molecule has 0 radical (unpaired) electrons. The number of carboxylic acids is 1. The lowest BCUT2D eigenvalue weighted by Gasteiger charge is -2.16. The van der Waals surface area contributed by atoms with Crippen LogP contribution in [0.4, 0.5) is 0 Å². The van der Waals surface area contributed by atoms with Gasteiger partial charge in [-0.3, -0.25) is 9.59 Å². The van der Waals surface area contributed by atoms with E-state index in [0.29, 0.717) is 18.1 Å². The number of likely N-dealkylation sites (tertiary alicyclic amines) is 1. The zero-order valence-electron chi connectivity index (χ0n) is 11.0. The highest BCUT2D eigenvalue weighted by Gasteiger charge is 2.43. The van der Waals surface area contributed by atoms with Gasteiger partial charge in [0.2, 0.25) is 5.91 Å². The zero-order chi connectivity index (χ0) is 14.3. The third-order valence-electron chi connectivity index (χ3n) is 4.17. The molecule has 1 saturated carbocycles. The van der Waals surface area contributed by atoms with E-state index in [-0.39, 0.29) is 17.7 Å². The molecule has 20 heavy (non-hydrogen) atoms. The summed E-state index contributed by atoms with van der Waals surface area (Å²) in [4.78, 5) is 25.3. The molecule has 1 saturated heterocycles. The van der Waals surface area contributed by atoms with Crippen molar-refractivity contribution in [2.75, 3.05) is 13.1 Å². The van der Waals surface area contributed by atoms with Crippen LogP contribution >= 0.6 is 11.6 Å². The lowest BCUT2D eigenvalue weighted by atomic mass is 9.89. The summed E-state index contributed by atoms with van der Waals surface area (Å²) < 4.78 is 0. The van der Waals surface area contributed by atoms with Crippen LogP contribution in [-0.4, -0.2) is 35.0 Å². The summed E-state index contributed by atoms with van der Waals surface area (Å²) in [5, 5.41) is 10.0. The van der Waals surface area contributed by atoms with Gasteiger partial charge in [0.25, 0.3) is 0 Å². The molecule has 0 spiro atoms. The number of carboxylic acid groups (broad SMARTS) is 1. The number of aliphatic carboxylic acids is 1. The van der Waals surface area contributed by atoms with Crippen LogP contribution in [0.1, 0.15) is 24.3 Å². The Morgan fingerprint density at radius 1 is 1.15 bits per heavy atom. The van der Waals surface area contributed by atoms with E-state index in [2.05, 4.69) is 0 Å². The summed E-state index contributed by atoms with van der Waals surface area (Å²) in [5.74, 6) is -1.26. The molecule has 1 aromatic rings. The number of carbonyl (C=O) groups excluding carboxylic acids is 1. The van der Waals surface area contributed by atoms with E-state index in [4.69, 9.17) is 11.6 Å². The first-order chi connectivity index (χ1) is 9.56. The van der Waals surface area contributed by atoms with Crippen molar-refractivity contribution in [3.8, 4) is 0 Å². The number of benzene rings is 1. The smallest absolute Gasteiger partial charge is 0.308 e. The molecule has 1 aliphatic heterocycles. The van der Waals surface area contributed by atoms with Gasteiger partial charge in [-0.1, -0.05) is 23.7 Å². The van der Waals surface area contributed by atoms with Crippen LogP contribution in [0.3, 0.4) is 0 Å². The fraction of sp³-hybridized carbons (Fsp3) is 0.467. The van der Waals surface area contributed by atoms with Crippen LogP contribution in [0.2, 0.25) is 5.02 Å². The predicted octanol–water partition coefficient (Wildman–Crippen LogP) is 2.38. The van der Waals surface area contributed by atoms with Crippen molar-refractivity contribution in [3.63, 3.8) is 0 Å². The maximum Gasteiger partial charge on any atom is 0.308 e. The Balaban J connectivity index is 1.82. The van der Waals surface area contributed by atoms with Crippen molar-refractivity contribution in [1.82, 2.24) is 4.90 Å². The van der Waals surface area contributed by atoms with Crippen LogP contribution in [0.15, 0.2) is 24.3 Å². The summed E-state index contributed by atoms with van der Waals surface area (Å²) in [5.41, 5.74) is 0.938. The molecule has 3 rings (SSSR count). The number of carbonyl (C=O) groups is 2. The highest BCUT2D eigenvalue weighted by atomic mass is 35.5. The standard InChI is InChI=1S/C15H16ClNO3/c16-11-5-3-9(4-6-11)12-7-17(8-13(12)15(19)20)14(18)10-1-2-10/h3-6,10,12-13H,1-2,7-8H2,(H,19,20)/t12-,13+/m0/s1. The third kappa shape index (κ3) is 2.52. The topological polar surface area (TPSA) is 57.6 Å². The fourth-order valence-electron chi connectivity index (χ4n) is 2.87. The summed E-state index contributed by atoms with van der Waals surface area (Å²) in [6.07, 6.45) is 1.89. The monoisotopic (exact) mass is 293 g/mol. The quantitative estimate of drug-likeness (QED) is 0.931. The Bertz CT molecular complexity index is 539. The van der Waals surface area contributed by atoms with Gasteiger partial charge in [0.05, 0.1) is 5.92 Å². The molecule has 2 aliphatic rings. The molecule has 1 amide bonds. The van der Waals surface area contributed by atoms with Crippen LogP contribution in [-0.2, 0) is 9.59 Å². The Kier molecular flexibility index (Phi) is 3.42. The van der Waals surface area contributed by atoms with E-state index in [0.717, 1.165) is 18.4 Å². The molecule has 1 aliphatic carbocycles. The van der Waals surface area contributed by atoms with Gasteiger partial charge < -0.3 is 10.0 Å². The molecule has 0 aromatic heterocycles. The number of hydrogen-bond donors (Lipinski definition) is 1. The van der Waals surface area contributed by atoms with Gasteiger partial charge in [0.15, 0.2) is 0 Å². The highest BCUT2D eigenvalue weighted by Crippen LogP contribution is 2.38. The van der Waals surface area contributed by atoms with Crippen LogP contribution < -0.4 is 0 Å². The molecule has 4 nitrogen and oxygen atoms in total. The molecule has 5 heteroatoms. The van der Waals surface area contributed by atoms with E-state index >= 15 is 0 Å². The molecular weight excluding hydrogens is 278 g/mol. The summed E-state index contributed by atoms with van der Waals surface area (Å²) in [6.45, 7) is 0.811. The van der Waals surface area contributed by atoms with Crippen LogP contribution in [0.25, 0.3) is 0 Å². The zero-order valence-corrected chi connectivity index (χ0v) is 11.7. The van der Waals surface area contributed by atoms with E-state index in [9.17, 15) is 14.7 Å². The second kappa shape index (κ2) is 5.09. The van der Waals surface area contributed by atoms with Crippen molar-refractivity contribution in [2.45, 2.75) is 18.8 Å². The molecular formula is C15H16ClNO3. The second-order valence-electron chi connectivity index (χ2n) is 5.62. The molecule has 1 N–H and O–H groups in total. The first-order valence-corrected chi connectivity index (χ1v) is 7.21. The Morgan fingerprint density at radius 2 is 1.80 bits per heavy atom. The van der Waals surface area contributed by atoms with Gasteiger partial charge in [-0.25, -0.2) is 0 Å². The summed E-state index contributed by atoms with van der Waals surface area (Å²) in [6, 6.07) is 7.24. The number of amides is 1. The van der Waals surface area contributed by atoms with Gasteiger partial charge in [-0.2, -0.15) is 0 Å². The lowest BCUT2D eigenvalue weighted by molar-refractivity contribution is -0.141. The fourth-order valence-corrected chi connectivity index (χ4v) is 3.00. The van der Waals surface area contributed by atoms with Crippen molar-refractivity contribution >= 4 is 23.5 Å². The first kappa shape index (κ1) is 13.4. The van der Waals surface area contributed by atoms with Gasteiger partial charge in [0, 0.05) is 29.9 Å². The number of nitrogens with zero attached hydrogens (tertiary/aromatic N) is 1. The lowest BCUT2D eigenvalue weighted by Crippen LogP contribution is -2.31. The molecule has 2 fully saturated rings. The highest BCUT2D eigenvalue weighted by molar-refractivity contribution is 6.30. The van der Waals surface area contributed by atoms with Gasteiger partial charge in [0.1, 0.15) is 0 Å². The Labute approximate surface area is 122 Å². The number of rotatable bonds is 3. The normalized spacial score (nSPS) is 25.8. The Hall–Kier alpha value is -1.55. The molecule has 1 heterocycles. The summed E-state index contributed by atoms with van der Waals surface area (Å²) >= 11 is 5.87. The average molecular weight is 294 g/mol. The van der Waals surface area contributed by atoms with Crippen LogP contribution in [0, 0.1) is 11.8 Å². The van der Waals surface area contributed by atoms with E-state index in [1.54, 1.807) is 17.0 Å². The van der Waals surface area contributed by atoms with Gasteiger partial charge in [-0.15, -0.1) is 0 Å². The van der Waals surface area contributed by atoms with Crippen LogP contribution in [0.5, 0.6) is 0 Å². The second-order valence-corrected chi connectivity index (χ2v) is 6.06. The minimum absolute atomic E-state index is 0.118. The van der Waals surface area contributed by atoms with Crippen molar-refractivity contribution in [1.29, 1.82) is 0 Å². The summed E-state index contributed by atoms with van der Waals surface area (Å²) in [7, 11) is 0. The average Bonchev–Trinajstić information content (AvgIpc) is 3.17. The molecule has 1 aromatic carbocycles. The molecule has 2 atom stereocenters. The van der Waals surface area contributed by atoms with Crippen molar-refractivity contribution in [3.05, 3.63) is 34.9 Å². The Morgan fingerprint density at radius 3 is 2.35 bits per heavy atom.